The topological polar surface area (TPSA) is 77.7 Å². The number of amides is 1. The SMILES string of the molecule is COCc1nc([C@H]2COCCN2C(=O)Cc2ccc3ccccc3c2)no1. The van der Waals surface area contributed by atoms with E-state index in [9.17, 15) is 4.79 Å². The summed E-state index contributed by atoms with van der Waals surface area (Å²) in [5, 5.41) is 6.29. The molecule has 1 aliphatic heterocycles. The Morgan fingerprint density at radius 1 is 1.26 bits per heavy atom. The minimum absolute atomic E-state index is 0.0247. The maximum absolute atomic E-state index is 13.0. The van der Waals surface area contributed by atoms with Crippen molar-refractivity contribution in [3.8, 4) is 0 Å². The van der Waals surface area contributed by atoms with Gasteiger partial charge in [-0.05, 0) is 16.3 Å². The van der Waals surface area contributed by atoms with Crippen molar-refractivity contribution in [2.45, 2.75) is 19.1 Å². The minimum Gasteiger partial charge on any atom is -0.377 e. The predicted octanol–water partition coefficient (Wildman–Crippen LogP) is 2.51. The summed E-state index contributed by atoms with van der Waals surface area (Å²) in [6, 6.07) is 13.9. The summed E-state index contributed by atoms with van der Waals surface area (Å²) in [4.78, 5) is 19.1. The van der Waals surface area contributed by atoms with Gasteiger partial charge < -0.3 is 18.9 Å². The molecular formula is C20H21N3O4. The Labute approximate surface area is 156 Å². The van der Waals surface area contributed by atoms with Crippen LogP contribution in [0.15, 0.2) is 47.0 Å². The van der Waals surface area contributed by atoms with Crippen molar-refractivity contribution < 1.29 is 18.8 Å². The fourth-order valence-corrected chi connectivity index (χ4v) is 3.33. The number of aromatic nitrogens is 2. The molecule has 0 aliphatic carbocycles. The van der Waals surface area contributed by atoms with E-state index in [1.807, 2.05) is 24.3 Å². The molecule has 1 atom stereocenters. The molecule has 3 aromatic rings. The third kappa shape index (κ3) is 3.84. The molecule has 0 unspecified atom stereocenters. The van der Waals surface area contributed by atoms with Crippen LogP contribution in [0.3, 0.4) is 0 Å². The van der Waals surface area contributed by atoms with Crippen LogP contribution in [-0.4, -0.2) is 47.8 Å². The summed E-state index contributed by atoms with van der Waals surface area (Å²) in [5.74, 6) is 0.866. The Bertz CT molecular complexity index is 940. The minimum atomic E-state index is -0.346. The second kappa shape index (κ2) is 7.85. The number of hydrogen-bond acceptors (Lipinski definition) is 6. The van der Waals surface area contributed by atoms with Crippen LogP contribution in [0.25, 0.3) is 10.8 Å². The van der Waals surface area contributed by atoms with E-state index < -0.39 is 0 Å². The number of morpholine rings is 1. The molecule has 2 aromatic carbocycles. The average Bonchev–Trinajstić information content (AvgIpc) is 3.17. The van der Waals surface area contributed by atoms with Crippen LogP contribution in [0.5, 0.6) is 0 Å². The number of nitrogens with zero attached hydrogens (tertiary/aromatic N) is 3. The van der Waals surface area contributed by atoms with Crippen molar-refractivity contribution in [2.24, 2.45) is 0 Å². The largest absolute Gasteiger partial charge is 0.377 e. The van der Waals surface area contributed by atoms with Gasteiger partial charge in [0.2, 0.25) is 5.91 Å². The monoisotopic (exact) mass is 367 g/mol. The van der Waals surface area contributed by atoms with E-state index in [4.69, 9.17) is 14.0 Å². The number of hydrogen-bond donors (Lipinski definition) is 0. The molecule has 0 spiro atoms. The Hall–Kier alpha value is -2.77. The lowest BCUT2D eigenvalue weighted by Gasteiger charge is -2.33. The van der Waals surface area contributed by atoms with Gasteiger partial charge in [-0.25, -0.2) is 0 Å². The lowest BCUT2D eigenvalue weighted by Crippen LogP contribution is -2.44. The van der Waals surface area contributed by atoms with Crippen molar-refractivity contribution in [2.75, 3.05) is 26.9 Å². The first-order valence-corrected chi connectivity index (χ1v) is 8.91. The van der Waals surface area contributed by atoms with Crippen LogP contribution in [0.2, 0.25) is 0 Å². The molecule has 2 heterocycles. The van der Waals surface area contributed by atoms with Crippen molar-refractivity contribution in [1.29, 1.82) is 0 Å². The number of carbonyl (C=O) groups is 1. The maximum Gasteiger partial charge on any atom is 0.252 e. The molecule has 1 aliphatic rings. The number of ether oxygens (including phenoxy) is 2. The van der Waals surface area contributed by atoms with Gasteiger partial charge in [0, 0.05) is 13.7 Å². The Morgan fingerprint density at radius 2 is 2.11 bits per heavy atom. The van der Waals surface area contributed by atoms with Crippen molar-refractivity contribution in [3.05, 3.63) is 59.7 Å². The smallest absolute Gasteiger partial charge is 0.252 e. The highest BCUT2D eigenvalue weighted by atomic mass is 16.5. The molecule has 7 nitrogen and oxygen atoms in total. The van der Waals surface area contributed by atoms with Crippen LogP contribution < -0.4 is 0 Å². The van der Waals surface area contributed by atoms with Crippen LogP contribution in [0.1, 0.15) is 23.3 Å². The zero-order chi connectivity index (χ0) is 18.6. The highest BCUT2D eigenvalue weighted by Gasteiger charge is 2.32. The van der Waals surface area contributed by atoms with Crippen LogP contribution in [-0.2, 0) is 27.3 Å². The maximum atomic E-state index is 13.0. The molecule has 140 valence electrons. The first-order chi connectivity index (χ1) is 13.2. The second-order valence-corrected chi connectivity index (χ2v) is 6.52. The molecule has 27 heavy (non-hydrogen) atoms. The van der Waals surface area contributed by atoms with E-state index in [1.54, 1.807) is 12.0 Å². The zero-order valence-electron chi connectivity index (χ0n) is 15.1. The molecule has 1 aromatic heterocycles. The highest BCUT2D eigenvalue weighted by Crippen LogP contribution is 2.24. The van der Waals surface area contributed by atoms with Gasteiger partial charge in [-0.15, -0.1) is 0 Å². The van der Waals surface area contributed by atoms with Gasteiger partial charge in [0.1, 0.15) is 12.6 Å². The van der Waals surface area contributed by atoms with Crippen LogP contribution in [0.4, 0.5) is 0 Å². The van der Waals surface area contributed by atoms with Crippen molar-refractivity contribution in [3.63, 3.8) is 0 Å². The molecule has 1 fully saturated rings. The van der Waals surface area contributed by atoms with E-state index in [2.05, 4.69) is 28.3 Å². The van der Waals surface area contributed by atoms with Crippen LogP contribution in [0, 0.1) is 0 Å². The highest BCUT2D eigenvalue weighted by molar-refractivity contribution is 5.85. The molecule has 0 radical (unpaired) electrons. The van der Waals surface area contributed by atoms with Gasteiger partial charge >= 0.3 is 0 Å². The summed E-state index contributed by atoms with van der Waals surface area (Å²) >= 11 is 0. The zero-order valence-corrected chi connectivity index (χ0v) is 15.1. The van der Waals surface area contributed by atoms with Crippen LogP contribution >= 0.6 is 0 Å². The first kappa shape index (κ1) is 17.6. The summed E-state index contributed by atoms with van der Waals surface area (Å²) in [5.41, 5.74) is 0.983. The summed E-state index contributed by atoms with van der Waals surface area (Å²) in [6.07, 6.45) is 0.324. The van der Waals surface area contributed by atoms with Crippen molar-refractivity contribution in [1.82, 2.24) is 15.0 Å². The van der Waals surface area contributed by atoms with E-state index >= 15 is 0 Å². The molecule has 0 saturated carbocycles. The third-order valence-corrected chi connectivity index (χ3v) is 4.67. The van der Waals surface area contributed by atoms with E-state index in [0.717, 1.165) is 16.3 Å². The summed E-state index contributed by atoms with van der Waals surface area (Å²) in [7, 11) is 1.56. The predicted molar refractivity (Wildman–Crippen MR) is 97.9 cm³/mol. The Morgan fingerprint density at radius 3 is 2.96 bits per heavy atom. The standard InChI is InChI=1S/C20H21N3O4/c1-25-13-18-21-20(22-27-18)17-12-26-9-8-23(17)19(24)11-14-6-7-15-4-2-3-5-16(15)10-14/h2-7,10,17H,8-9,11-13H2,1H3/t17-/m1/s1. The quantitative estimate of drug-likeness (QED) is 0.690. The normalized spacial score (nSPS) is 17.4. The number of rotatable bonds is 5. The van der Waals surface area contributed by atoms with Gasteiger partial charge in [-0.1, -0.05) is 47.6 Å². The van der Waals surface area contributed by atoms with E-state index in [0.29, 0.717) is 37.9 Å². The van der Waals surface area contributed by atoms with Gasteiger partial charge in [0.05, 0.1) is 19.6 Å². The van der Waals surface area contributed by atoms with Gasteiger partial charge in [0.25, 0.3) is 5.89 Å². The van der Waals surface area contributed by atoms with Gasteiger partial charge in [-0.3, -0.25) is 4.79 Å². The lowest BCUT2D eigenvalue weighted by atomic mass is 10.0. The molecule has 1 amide bonds. The molecule has 0 N–H and O–H groups in total. The fraction of sp³-hybridized carbons (Fsp3) is 0.350. The first-order valence-electron chi connectivity index (χ1n) is 8.91. The van der Waals surface area contributed by atoms with E-state index in [-0.39, 0.29) is 18.6 Å². The molecule has 0 bridgehead atoms. The fourth-order valence-electron chi connectivity index (χ4n) is 3.33. The average molecular weight is 367 g/mol. The Kier molecular flexibility index (Phi) is 5.13. The number of benzene rings is 2. The summed E-state index contributed by atoms with van der Waals surface area (Å²) < 4.78 is 15.7. The number of fused-ring (bicyclic) bond motifs is 1. The molecule has 4 rings (SSSR count). The molecule has 7 heteroatoms. The van der Waals surface area contributed by atoms with Crippen molar-refractivity contribution >= 4 is 16.7 Å². The number of methoxy groups -OCH3 is 1. The number of carbonyl (C=O) groups excluding carboxylic acids is 1. The third-order valence-electron chi connectivity index (χ3n) is 4.67. The second-order valence-electron chi connectivity index (χ2n) is 6.52. The molecular weight excluding hydrogens is 346 g/mol. The van der Waals surface area contributed by atoms with E-state index in [1.165, 1.54) is 0 Å². The van der Waals surface area contributed by atoms with Gasteiger partial charge in [-0.2, -0.15) is 4.98 Å². The Balaban J connectivity index is 1.52. The van der Waals surface area contributed by atoms with Gasteiger partial charge in [0.15, 0.2) is 5.82 Å². The lowest BCUT2D eigenvalue weighted by molar-refractivity contribution is -0.139. The summed E-state index contributed by atoms with van der Waals surface area (Å²) in [6.45, 7) is 1.61. The molecule has 1 saturated heterocycles.